The van der Waals surface area contributed by atoms with Gasteiger partial charge in [-0.05, 0) is 58.4 Å². The third kappa shape index (κ3) is 5.25. The summed E-state index contributed by atoms with van der Waals surface area (Å²) in [5, 5.41) is 0. The summed E-state index contributed by atoms with van der Waals surface area (Å²) in [6, 6.07) is 0. The first kappa shape index (κ1) is 15.3. The summed E-state index contributed by atoms with van der Waals surface area (Å²) in [5.74, 6) is 1.37. The molecule has 1 aliphatic carbocycles. The Balaban J connectivity index is 2.32. The van der Waals surface area contributed by atoms with Crippen LogP contribution < -0.4 is 5.73 Å². The smallest absolute Gasteiger partial charge is 0.410 e. The highest BCUT2D eigenvalue weighted by atomic mass is 16.6. The fraction of sp³-hybridized carbons (Fsp3) is 0.929. The van der Waals surface area contributed by atoms with Gasteiger partial charge in [0.15, 0.2) is 0 Å². The van der Waals surface area contributed by atoms with Gasteiger partial charge >= 0.3 is 6.09 Å². The third-order valence-corrected chi connectivity index (χ3v) is 3.46. The van der Waals surface area contributed by atoms with Crippen molar-refractivity contribution in [2.75, 3.05) is 20.1 Å². The molecule has 2 unspecified atom stereocenters. The van der Waals surface area contributed by atoms with Crippen LogP contribution in [0.15, 0.2) is 0 Å². The van der Waals surface area contributed by atoms with Crippen molar-refractivity contribution < 1.29 is 9.53 Å². The summed E-state index contributed by atoms with van der Waals surface area (Å²) in [6.45, 7) is 7.26. The average Bonchev–Trinajstić information content (AvgIpc) is 2.63. The molecule has 4 heteroatoms. The number of nitrogens with two attached hydrogens (primary N) is 1. The second kappa shape index (κ2) is 6.41. The van der Waals surface area contributed by atoms with Gasteiger partial charge in [0.2, 0.25) is 0 Å². The first-order chi connectivity index (χ1) is 8.31. The lowest BCUT2D eigenvalue weighted by Gasteiger charge is -2.26. The number of nitrogens with zero attached hydrogens (tertiary/aromatic N) is 1. The van der Waals surface area contributed by atoms with Gasteiger partial charge in [0.25, 0.3) is 0 Å². The molecule has 2 atom stereocenters. The Bertz CT molecular complexity index is 273. The van der Waals surface area contributed by atoms with Gasteiger partial charge in [0.05, 0.1) is 0 Å². The van der Waals surface area contributed by atoms with Crippen LogP contribution in [0.5, 0.6) is 0 Å². The Morgan fingerprint density at radius 3 is 2.50 bits per heavy atom. The molecule has 0 aromatic carbocycles. The van der Waals surface area contributed by atoms with Gasteiger partial charge in [-0.1, -0.05) is 6.42 Å². The summed E-state index contributed by atoms with van der Waals surface area (Å²) in [7, 11) is 1.82. The molecule has 18 heavy (non-hydrogen) atoms. The molecule has 0 aromatic heterocycles. The van der Waals surface area contributed by atoms with Gasteiger partial charge in [-0.15, -0.1) is 0 Å². The molecule has 0 spiro atoms. The summed E-state index contributed by atoms with van der Waals surface area (Å²) in [5.41, 5.74) is 5.17. The molecule has 1 fully saturated rings. The average molecular weight is 256 g/mol. The maximum atomic E-state index is 11.8. The van der Waals surface area contributed by atoms with E-state index in [0.717, 1.165) is 25.4 Å². The van der Waals surface area contributed by atoms with Crippen LogP contribution in [0.3, 0.4) is 0 Å². The SMILES string of the molecule is CN(CC1CCC(CCN)C1)C(=O)OC(C)(C)C. The van der Waals surface area contributed by atoms with Crippen molar-refractivity contribution >= 4 is 6.09 Å². The molecular weight excluding hydrogens is 228 g/mol. The molecule has 0 saturated heterocycles. The number of carbonyl (C=O) groups excluding carboxylic acids is 1. The zero-order chi connectivity index (χ0) is 13.8. The van der Waals surface area contributed by atoms with E-state index >= 15 is 0 Å². The van der Waals surface area contributed by atoms with Gasteiger partial charge in [-0.25, -0.2) is 4.79 Å². The standard InChI is InChI=1S/C14H28N2O2/c1-14(2,3)18-13(17)16(4)10-12-6-5-11(9-12)7-8-15/h11-12H,5-10,15H2,1-4H3. The van der Waals surface area contributed by atoms with Crippen molar-refractivity contribution in [2.45, 2.75) is 52.1 Å². The third-order valence-electron chi connectivity index (χ3n) is 3.46. The second-order valence-corrected chi connectivity index (χ2v) is 6.48. The van der Waals surface area contributed by atoms with E-state index < -0.39 is 5.60 Å². The summed E-state index contributed by atoms with van der Waals surface area (Å²) in [6.07, 6.45) is 4.56. The molecule has 2 N–H and O–H groups in total. The van der Waals surface area contributed by atoms with E-state index in [9.17, 15) is 4.79 Å². The van der Waals surface area contributed by atoms with Gasteiger partial charge < -0.3 is 15.4 Å². The van der Waals surface area contributed by atoms with Crippen LogP contribution in [0.2, 0.25) is 0 Å². The van der Waals surface area contributed by atoms with Crippen molar-refractivity contribution in [3.63, 3.8) is 0 Å². The van der Waals surface area contributed by atoms with Gasteiger partial charge in [-0.3, -0.25) is 0 Å². The minimum atomic E-state index is -0.414. The van der Waals surface area contributed by atoms with E-state index in [0.29, 0.717) is 5.92 Å². The Labute approximate surface area is 111 Å². The van der Waals surface area contributed by atoms with Crippen molar-refractivity contribution in [3.8, 4) is 0 Å². The van der Waals surface area contributed by atoms with Crippen LogP contribution in [0.25, 0.3) is 0 Å². The summed E-state index contributed by atoms with van der Waals surface area (Å²) in [4.78, 5) is 13.5. The number of rotatable bonds is 4. The molecule has 106 valence electrons. The molecule has 1 rings (SSSR count). The molecule has 0 aliphatic heterocycles. The monoisotopic (exact) mass is 256 g/mol. The minimum Gasteiger partial charge on any atom is -0.444 e. The predicted octanol–water partition coefficient (Wildman–Crippen LogP) is 2.62. The van der Waals surface area contributed by atoms with Gasteiger partial charge in [0, 0.05) is 13.6 Å². The zero-order valence-corrected chi connectivity index (χ0v) is 12.2. The van der Waals surface area contributed by atoms with Crippen LogP contribution in [-0.2, 0) is 4.74 Å². The van der Waals surface area contributed by atoms with Gasteiger partial charge in [-0.2, -0.15) is 0 Å². The molecule has 1 saturated carbocycles. The Hall–Kier alpha value is -0.770. The van der Waals surface area contributed by atoms with E-state index in [1.807, 2.05) is 27.8 Å². The van der Waals surface area contributed by atoms with E-state index in [2.05, 4.69) is 0 Å². The number of carbonyl (C=O) groups is 1. The molecule has 1 amide bonds. The molecular formula is C14H28N2O2. The normalized spacial score (nSPS) is 24.1. The number of amides is 1. The van der Waals surface area contributed by atoms with Crippen LogP contribution in [0.4, 0.5) is 4.79 Å². The van der Waals surface area contributed by atoms with Crippen molar-refractivity contribution in [3.05, 3.63) is 0 Å². The summed E-state index contributed by atoms with van der Waals surface area (Å²) < 4.78 is 5.35. The summed E-state index contributed by atoms with van der Waals surface area (Å²) >= 11 is 0. The van der Waals surface area contributed by atoms with Crippen molar-refractivity contribution in [2.24, 2.45) is 17.6 Å². The van der Waals surface area contributed by atoms with Crippen molar-refractivity contribution in [1.29, 1.82) is 0 Å². The van der Waals surface area contributed by atoms with Gasteiger partial charge in [0.1, 0.15) is 5.60 Å². The quantitative estimate of drug-likeness (QED) is 0.841. The molecule has 0 radical (unpaired) electrons. The highest BCUT2D eigenvalue weighted by molar-refractivity contribution is 5.67. The fourth-order valence-corrected chi connectivity index (χ4v) is 2.64. The molecule has 1 aliphatic rings. The van der Waals surface area contributed by atoms with Crippen LogP contribution in [-0.4, -0.2) is 36.7 Å². The second-order valence-electron chi connectivity index (χ2n) is 6.48. The molecule has 4 nitrogen and oxygen atoms in total. The lowest BCUT2D eigenvalue weighted by Crippen LogP contribution is -2.36. The highest BCUT2D eigenvalue weighted by Crippen LogP contribution is 2.33. The number of hydrogen-bond donors (Lipinski definition) is 1. The van der Waals surface area contributed by atoms with E-state index in [1.165, 1.54) is 19.3 Å². The molecule has 0 bridgehead atoms. The maximum absolute atomic E-state index is 11.8. The van der Waals surface area contributed by atoms with E-state index in [1.54, 1.807) is 4.90 Å². The van der Waals surface area contributed by atoms with Crippen LogP contribution in [0.1, 0.15) is 46.5 Å². The van der Waals surface area contributed by atoms with E-state index in [-0.39, 0.29) is 6.09 Å². The lowest BCUT2D eigenvalue weighted by molar-refractivity contribution is 0.0273. The zero-order valence-electron chi connectivity index (χ0n) is 12.2. The Morgan fingerprint density at radius 2 is 1.94 bits per heavy atom. The molecule has 0 heterocycles. The topological polar surface area (TPSA) is 55.6 Å². The number of hydrogen-bond acceptors (Lipinski definition) is 3. The van der Waals surface area contributed by atoms with E-state index in [4.69, 9.17) is 10.5 Å². The first-order valence-corrected chi connectivity index (χ1v) is 6.96. The van der Waals surface area contributed by atoms with Crippen molar-refractivity contribution in [1.82, 2.24) is 4.90 Å². The van der Waals surface area contributed by atoms with Crippen LogP contribution in [0, 0.1) is 11.8 Å². The highest BCUT2D eigenvalue weighted by Gasteiger charge is 2.27. The Kier molecular flexibility index (Phi) is 5.45. The largest absolute Gasteiger partial charge is 0.444 e. The lowest BCUT2D eigenvalue weighted by atomic mass is 10.0. The first-order valence-electron chi connectivity index (χ1n) is 6.96. The predicted molar refractivity (Wildman–Crippen MR) is 73.4 cm³/mol. The van der Waals surface area contributed by atoms with Crippen LogP contribution >= 0.6 is 0 Å². The molecule has 0 aromatic rings. The fourth-order valence-electron chi connectivity index (χ4n) is 2.64. The maximum Gasteiger partial charge on any atom is 0.410 e. The number of ether oxygens (including phenoxy) is 1. The Morgan fingerprint density at radius 1 is 1.33 bits per heavy atom. The minimum absolute atomic E-state index is 0.218.